The Hall–Kier alpha value is 0.350. The molecule has 0 aliphatic carbocycles. The van der Waals surface area contributed by atoms with Gasteiger partial charge in [0, 0.05) is 16.4 Å². The molecule has 3 nitrogen and oxygen atoms in total. The molecule has 1 atom stereocenters. The van der Waals surface area contributed by atoms with Crippen molar-refractivity contribution < 1.29 is 0 Å². The van der Waals surface area contributed by atoms with Crippen molar-refractivity contribution in [1.29, 1.82) is 0 Å². The Kier molecular flexibility index (Phi) is 4.49. The second-order valence-corrected chi connectivity index (χ2v) is 4.06. The molecule has 1 aliphatic rings. The number of nitrogens with one attached hydrogen (secondary N) is 1. The first-order valence-corrected chi connectivity index (χ1v) is 5.67. The molecule has 66 valence electrons. The summed E-state index contributed by atoms with van der Waals surface area (Å²) in [7, 11) is 0. The minimum Gasteiger partial charge on any atom is -0.256 e. The average Bonchev–Trinajstić information content (AvgIpc) is 2.47. The lowest BCUT2D eigenvalue weighted by Crippen LogP contribution is -2.25. The minimum atomic E-state index is 0.159. The highest BCUT2D eigenvalue weighted by molar-refractivity contribution is 9.17. The average molecular weight is 313 g/mol. The van der Waals surface area contributed by atoms with Crippen molar-refractivity contribution in [2.75, 3.05) is 0 Å². The van der Waals surface area contributed by atoms with Gasteiger partial charge in [-0.25, -0.2) is 9.12 Å². The van der Waals surface area contributed by atoms with E-state index in [1.165, 1.54) is 12.1 Å². The Morgan fingerprint density at radius 2 is 2.58 bits per heavy atom. The third kappa shape index (κ3) is 2.69. The Morgan fingerprint density at radius 3 is 3.08 bits per heavy atom. The van der Waals surface area contributed by atoms with E-state index in [0.717, 1.165) is 10.2 Å². The van der Waals surface area contributed by atoms with Crippen molar-refractivity contribution in [3.05, 3.63) is 10.7 Å². The van der Waals surface area contributed by atoms with E-state index >= 15 is 0 Å². The molecule has 1 unspecified atom stereocenters. The van der Waals surface area contributed by atoms with Crippen LogP contribution in [-0.2, 0) is 0 Å². The second kappa shape index (κ2) is 5.16. The van der Waals surface area contributed by atoms with Gasteiger partial charge in [-0.2, -0.15) is 0 Å². The fraction of sp³-hybridized carbons (Fsp3) is 0.333. The summed E-state index contributed by atoms with van der Waals surface area (Å²) in [6, 6.07) is 0.159. The zero-order valence-electron chi connectivity index (χ0n) is 6.29. The van der Waals surface area contributed by atoms with E-state index < -0.39 is 0 Å². The second-order valence-electron chi connectivity index (χ2n) is 2.14. The molecular weight excluding hydrogens is 306 g/mol. The van der Waals surface area contributed by atoms with E-state index in [-0.39, 0.29) is 6.04 Å². The van der Waals surface area contributed by atoms with Gasteiger partial charge in [0.1, 0.15) is 0 Å². The van der Waals surface area contributed by atoms with Gasteiger partial charge in [0.2, 0.25) is 0 Å². The van der Waals surface area contributed by atoms with Gasteiger partial charge < -0.3 is 0 Å². The van der Waals surface area contributed by atoms with Gasteiger partial charge in [0.25, 0.3) is 0 Å². The number of nitrogens with zero attached hydrogens (tertiary/aromatic N) is 2. The fourth-order valence-corrected chi connectivity index (χ4v) is 2.26. The highest BCUT2D eigenvalue weighted by atomic mass is 79.9. The summed E-state index contributed by atoms with van der Waals surface area (Å²) in [6.07, 6.45) is 1.73. The zero-order chi connectivity index (χ0) is 8.97. The summed E-state index contributed by atoms with van der Waals surface area (Å²) in [5, 5.41) is 1.56. The number of hydrogen-bond acceptors (Lipinski definition) is 4. The first kappa shape index (κ1) is 10.4. The number of hydrogen-bond donors (Lipinski definition) is 1. The quantitative estimate of drug-likeness (QED) is 0.628. The monoisotopic (exact) mass is 311 g/mol. The van der Waals surface area contributed by atoms with Crippen LogP contribution in [0.1, 0.15) is 6.92 Å². The third-order valence-corrected chi connectivity index (χ3v) is 2.93. The van der Waals surface area contributed by atoms with E-state index in [0.29, 0.717) is 0 Å². The number of aliphatic imine (C=N–C) groups is 1. The topological polar surface area (TPSA) is 36.8 Å². The van der Waals surface area contributed by atoms with Crippen LogP contribution in [0.15, 0.2) is 20.1 Å². The first-order chi connectivity index (χ1) is 5.75. The van der Waals surface area contributed by atoms with E-state index in [1.807, 2.05) is 6.92 Å². The Balaban J connectivity index is 2.64. The largest absolute Gasteiger partial charge is 0.256 e. The van der Waals surface area contributed by atoms with E-state index in [1.54, 1.807) is 11.3 Å². The number of rotatable bonds is 2. The molecule has 0 spiro atoms. The number of halogens is 2. The SMILES string of the molecule is CC1=NSNC1/C(Br)=C\N=C\Br. The molecule has 6 heteroatoms. The maximum atomic E-state index is 4.13. The van der Waals surface area contributed by atoms with Crippen LogP contribution in [-0.4, -0.2) is 16.9 Å². The van der Waals surface area contributed by atoms with E-state index in [2.05, 4.69) is 46.0 Å². The van der Waals surface area contributed by atoms with E-state index in [9.17, 15) is 0 Å². The molecule has 0 aromatic carbocycles. The predicted octanol–water partition coefficient (Wildman–Crippen LogP) is 2.64. The molecule has 0 saturated carbocycles. The van der Waals surface area contributed by atoms with Crippen LogP contribution in [0.4, 0.5) is 0 Å². The van der Waals surface area contributed by atoms with Crippen LogP contribution >= 0.6 is 44.0 Å². The van der Waals surface area contributed by atoms with Crippen LogP contribution in [0.3, 0.4) is 0 Å². The van der Waals surface area contributed by atoms with Crippen molar-refractivity contribution in [2.45, 2.75) is 13.0 Å². The molecule has 0 amide bonds. The molecule has 1 rings (SSSR count). The highest BCUT2D eigenvalue weighted by Crippen LogP contribution is 2.21. The molecule has 1 aliphatic heterocycles. The van der Waals surface area contributed by atoms with Gasteiger partial charge in [0.15, 0.2) is 0 Å². The van der Waals surface area contributed by atoms with Gasteiger partial charge in [0.05, 0.1) is 23.3 Å². The Bertz CT molecular complexity index is 249. The third-order valence-electron chi connectivity index (χ3n) is 1.31. The maximum absolute atomic E-state index is 4.13. The zero-order valence-corrected chi connectivity index (χ0v) is 10.3. The lowest BCUT2D eigenvalue weighted by molar-refractivity contribution is 0.989. The van der Waals surface area contributed by atoms with Crippen LogP contribution in [0.25, 0.3) is 0 Å². The molecule has 0 aromatic rings. The fourth-order valence-electron chi connectivity index (χ4n) is 0.719. The molecule has 12 heavy (non-hydrogen) atoms. The maximum Gasteiger partial charge on any atom is 0.0905 e. The molecule has 1 N–H and O–H groups in total. The summed E-state index contributed by atoms with van der Waals surface area (Å²) in [6.45, 7) is 1.98. The minimum absolute atomic E-state index is 0.159. The van der Waals surface area contributed by atoms with Crippen LogP contribution in [0.2, 0.25) is 0 Å². The van der Waals surface area contributed by atoms with Crippen molar-refractivity contribution in [2.24, 2.45) is 9.39 Å². The van der Waals surface area contributed by atoms with Crippen LogP contribution in [0.5, 0.6) is 0 Å². The molecule has 0 saturated heterocycles. The Morgan fingerprint density at radius 1 is 1.83 bits per heavy atom. The predicted molar refractivity (Wildman–Crippen MR) is 62.1 cm³/mol. The van der Waals surface area contributed by atoms with Gasteiger partial charge >= 0.3 is 0 Å². The summed E-state index contributed by atoms with van der Waals surface area (Å²) in [5.74, 6) is 0. The van der Waals surface area contributed by atoms with Crippen molar-refractivity contribution in [3.8, 4) is 0 Å². The van der Waals surface area contributed by atoms with Crippen LogP contribution < -0.4 is 4.72 Å². The van der Waals surface area contributed by atoms with Crippen molar-refractivity contribution in [3.63, 3.8) is 0 Å². The van der Waals surface area contributed by atoms with Gasteiger partial charge in [-0.15, -0.1) is 0 Å². The molecule has 0 aromatic heterocycles. The standard InChI is InChI=1S/C6H7Br2N3S/c1-4-6(11-12-10-4)5(8)2-9-3-7/h2-3,6,11H,1H3/b5-2+,9-3+. The lowest BCUT2D eigenvalue weighted by atomic mass is 10.2. The van der Waals surface area contributed by atoms with E-state index in [4.69, 9.17) is 0 Å². The summed E-state index contributed by atoms with van der Waals surface area (Å²) >= 11 is 7.86. The molecule has 0 radical (unpaired) electrons. The smallest absolute Gasteiger partial charge is 0.0905 e. The summed E-state index contributed by atoms with van der Waals surface area (Å²) < 4.78 is 8.23. The Labute approximate surface area is 92.3 Å². The molecular formula is C6H7Br2N3S. The normalized spacial score (nSPS) is 25.1. The van der Waals surface area contributed by atoms with Gasteiger partial charge in [-0.1, -0.05) is 15.9 Å². The summed E-state index contributed by atoms with van der Waals surface area (Å²) in [4.78, 5) is 3.93. The van der Waals surface area contributed by atoms with Gasteiger partial charge in [-0.3, -0.25) is 4.99 Å². The van der Waals surface area contributed by atoms with Gasteiger partial charge in [-0.05, 0) is 22.9 Å². The molecule has 0 bridgehead atoms. The molecule has 0 fully saturated rings. The van der Waals surface area contributed by atoms with Crippen molar-refractivity contribution >= 4 is 54.8 Å². The highest BCUT2D eigenvalue weighted by Gasteiger charge is 2.19. The van der Waals surface area contributed by atoms with Crippen molar-refractivity contribution in [1.82, 2.24) is 4.72 Å². The first-order valence-electron chi connectivity index (χ1n) is 3.19. The van der Waals surface area contributed by atoms with Crippen LogP contribution in [0, 0.1) is 0 Å². The summed E-state index contributed by atoms with van der Waals surface area (Å²) in [5.41, 5.74) is 1.05. The lowest BCUT2D eigenvalue weighted by Gasteiger charge is -2.06. The molecule has 1 heterocycles.